The summed E-state index contributed by atoms with van der Waals surface area (Å²) in [5.41, 5.74) is 1.53. The van der Waals surface area contributed by atoms with Gasteiger partial charge < -0.3 is 10.1 Å². The third kappa shape index (κ3) is 2.99. The summed E-state index contributed by atoms with van der Waals surface area (Å²) in [6, 6.07) is 0. The number of fused-ring (bicyclic) bond motifs is 1. The van der Waals surface area contributed by atoms with Gasteiger partial charge in [0, 0.05) is 4.88 Å². The Bertz CT molecular complexity index is 539. The van der Waals surface area contributed by atoms with Crippen LogP contribution in [0.4, 0.5) is 5.00 Å². The number of ether oxygens (including phenoxy) is 1. The predicted octanol–water partition coefficient (Wildman–Crippen LogP) is 3.23. The van der Waals surface area contributed by atoms with Crippen LogP contribution in [0.15, 0.2) is 0 Å². The second-order valence-corrected chi connectivity index (χ2v) is 6.91. The minimum Gasteiger partial charge on any atom is -0.465 e. The van der Waals surface area contributed by atoms with Gasteiger partial charge in [0.15, 0.2) is 0 Å². The van der Waals surface area contributed by atoms with Crippen LogP contribution in [0.5, 0.6) is 0 Å². The molecule has 1 aliphatic rings. The highest BCUT2D eigenvalue weighted by molar-refractivity contribution is 7.17. The first kappa shape index (κ1) is 15.3. The summed E-state index contributed by atoms with van der Waals surface area (Å²) < 4.78 is 4.85. The lowest BCUT2D eigenvalue weighted by Gasteiger charge is -2.18. The van der Waals surface area contributed by atoms with Gasteiger partial charge >= 0.3 is 5.97 Å². The van der Waals surface area contributed by atoms with Gasteiger partial charge in [0.2, 0.25) is 5.91 Å². The molecule has 4 nitrogen and oxygen atoms in total. The Morgan fingerprint density at radius 2 is 2.20 bits per heavy atom. The van der Waals surface area contributed by atoms with Crippen LogP contribution in [0.3, 0.4) is 0 Å². The highest BCUT2D eigenvalue weighted by atomic mass is 35.5. The summed E-state index contributed by atoms with van der Waals surface area (Å²) in [5, 5.41) is 2.67. The van der Waals surface area contributed by atoms with Crippen LogP contribution < -0.4 is 5.32 Å². The number of thiophene rings is 1. The van der Waals surface area contributed by atoms with Gasteiger partial charge in [0.05, 0.1) is 12.7 Å². The Kier molecular flexibility index (Phi) is 4.70. The van der Waals surface area contributed by atoms with Gasteiger partial charge in [0.1, 0.15) is 10.4 Å². The smallest absolute Gasteiger partial charge is 0.341 e. The summed E-state index contributed by atoms with van der Waals surface area (Å²) in [6.07, 6.45) is 2.84. The molecule has 6 heteroatoms. The van der Waals surface area contributed by atoms with Gasteiger partial charge in [0.25, 0.3) is 0 Å². The molecule has 0 aromatic carbocycles. The van der Waals surface area contributed by atoms with Gasteiger partial charge in [-0.05, 0) is 37.7 Å². The first-order valence-electron chi connectivity index (χ1n) is 6.61. The second-order valence-electron chi connectivity index (χ2n) is 5.15. The van der Waals surface area contributed by atoms with E-state index in [2.05, 4.69) is 12.2 Å². The maximum atomic E-state index is 12.0. The maximum Gasteiger partial charge on any atom is 0.341 e. The summed E-state index contributed by atoms with van der Waals surface area (Å²) in [6.45, 7) is 3.80. The number of hydrogen-bond acceptors (Lipinski definition) is 4. The summed E-state index contributed by atoms with van der Waals surface area (Å²) >= 11 is 7.23. The Morgan fingerprint density at radius 1 is 1.50 bits per heavy atom. The molecular formula is C14H18ClNO3S. The lowest BCUT2D eigenvalue weighted by Crippen LogP contribution is -2.21. The van der Waals surface area contributed by atoms with Crippen LogP contribution >= 0.6 is 22.9 Å². The van der Waals surface area contributed by atoms with Crippen LogP contribution in [-0.4, -0.2) is 24.4 Å². The van der Waals surface area contributed by atoms with Crippen LogP contribution in [0.2, 0.25) is 0 Å². The largest absolute Gasteiger partial charge is 0.465 e. The number of esters is 1. The van der Waals surface area contributed by atoms with Gasteiger partial charge in [-0.25, -0.2) is 4.79 Å². The fourth-order valence-electron chi connectivity index (χ4n) is 2.37. The molecule has 0 bridgehead atoms. The molecule has 110 valence electrons. The van der Waals surface area contributed by atoms with E-state index < -0.39 is 11.3 Å². The number of carbonyl (C=O) groups is 2. The molecule has 0 fully saturated rings. The van der Waals surface area contributed by atoms with Crippen molar-refractivity contribution < 1.29 is 14.3 Å². The van der Waals surface area contributed by atoms with Crippen LogP contribution in [-0.2, 0) is 22.4 Å². The first-order chi connectivity index (χ1) is 9.43. The lowest BCUT2D eigenvalue weighted by atomic mass is 9.88. The van der Waals surface area contributed by atoms with E-state index in [0.717, 1.165) is 24.8 Å². The Morgan fingerprint density at radius 3 is 2.80 bits per heavy atom. The fraction of sp³-hybridized carbons (Fsp3) is 0.571. The van der Waals surface area contributed by atoms with E-state index in [-0.39, 0.29) is 5.91 Å². The molecule has 0 spiro atoms. The molecule has 1 N–H and O–H groups in total. The van der Waals surface area contributed by atoms with E-state index in [0.29, 0.717) is 16.5 Å². The minimum atomic E-state index is -0.640. The number of rotatable bonds is 3. The van der Waals surface area contributed by atoms with Crippen molar-refractivity contribution in [2.45, 2.75) is 38.5 Å². The average Bonchev–Trinajstić information content (AvgIpc) is 2.74. The van der Waals surface area contributed by atoms with Gasteiger partial charge in [-0.15, -0.1) is 22.9 Å². The van der Waals surface area contributed by atoms with Crippen LogP contribution in [0.25, 0.3) is 0 Å². The molecule has 1 aliphatic carbocycles. The topological polar surface area (TPSA) is 55.4 Å². The number of amides is 1. The van der Waals surface area contributed by atoms with E-state index in [1.807, 2.05) is 0 Å². The molecule has 0 radical (unpaired) electrons. The standard InChI is InChI=1S/C14H18ClNO3S/c1-7-4-5-9-10(6-7)20-13(11(9)14(18)19-3)16-12(17)8(2)15/h7-8H,4-6H2,1-3H3,(H,16,17). The summed E-state index contributed by atoms with van der Waals surface area (Å²) in [4.78, 5) is 24.9. The fourth-order valence-corrected chi connectivity index (χ4v) is 3.82. The third-order valence-corrected chi connectivity index (χ3v) is 4.87. The number of carbonyl (C=O) groups excluding carboxylic acids is 2. The van der Waals surface area contributed by atoms with Crippen molar-refractivity contribution in [2.24, 2.45) is 5.92 Å². The lowest BCUT2D eigenvalue weighted by molar-refractivity contribution is -0.115. The molecule has 2 unspecified atom stereocenters. The maximum absolute atomic E-state index is 12.0. The molecule has 1 heterocycles. The number of hydrogen-bond donors (Lipinski definition) is 1. The Labute approximate surface area is 127 Å². The van der Waals surface area contributed by atoms with E-state index in [9.17, 15) is 9.59 Å². The highest BCUT2D eigenvalue weighted by Crippen LogP contribution is 2.40. The molecule has 2 rings (SSSR count). The van der Waals surface area contributed by atoms with Gasteiger partial charge in [-0.2, -0.15) is 0 Å². The van der Waals surface area contributed by atoms with E-state index in [1.165, 1.54) is 23.3 Å². The number of anilines is 1. The second kappa shape index (κ2) is 6.14. The van der Waals surface area contributed by atoms with E-state index in [1.54, 1.807) is 6.92 Å². The molecular weight excluding hydrogens is 298 g/mol. The number of methoxy groups -OCH3 is 1. The van der Waals surface area contributed by atoms with Gasteiger partial charge in [-0.3, -0.25) is 4.79 Å². The number of halogens is 1. The Hall–Kier alpha value is -1.07. The molecule has 0 saturated heterocycles. The third-order valence-electron chi connectivity index (χ3n) is 3.50. The molecule has 0 saturated carbocycles. The van der Waals surface area contributed by atoms with Crippen molar-refractivity contribution in [2.75, 3.05) is 12.4 Å². The van der Waals surface area contributed by atoms with Crippen molar-refractivity contribution in [1.82, 2.24) is 0 Å². The zero-order valence-corrected chi connectivity index (χ0v) is 13.4. The van der Waals surface area contributed by atoms with Crippen molar-refractivity contribution in [3.63, 3.8) is 0 Å². The quantitative estimate of drug-likeness (QED) is 0.688. The predicted molar refractivity (Wildman–Crippen MR) is 80.8 cm³/mol. The highest BCUT2D eigenvalue weighted by Gasteiger charge is 2.29. The van der Waals surface area contributed by atoms with Crippen LogP contribution in [0, 0.1) is 5.92 Å². The molecule has 2 atom stereocenters. The SMILES string of the molecule is COC(=O)c1c(NC(=O)C(C)Cl)sc2c1CCC(C)C2. The molecule has 0 aliphatic heterocycles. The Balaban J connectivity index is 2.40. The molecule has 1 amide bonds. The van der Waals surface area contributed by atoms with Crippen molar-refractivity contribution >= 4 is 39.8 Å². The average molecular weight is 316 g/mol. The number of alkyl halides is 1. The van der Waals surface area contributed by atoms with Crippen molar-refractivity contribution in [3.05, 3.63) is 16.0 Å². The zero-order valence-electron chi connectivity index (χ0n) is 11.8. The normalized spacial score (nSPS) is 19.1. The zero-order chi connectivity index (χ0) is 14.9. The molecule has 1 aromatic rings. The van der Waals surface area contributed by atoms with E-state index >= 15 is 0 Å². The van der Waals surface area contributed by atoms with E-state index in [4.69, 9.17) is 16.3 Å². The first-order valence-corrected chi connectivity index (χ1v) is 7.87. The monoisotopic (exact) mass is 315 g/mol. The minimum absolute atomic E-state index is 0.302. The number of nitrogens with one attached hydrogen (secondary N) is 1. The van der Waals surface area contributed by atoms with Crippen molar-refractivity contribution in [1.29, 1.82) is 0 Å². The molecule has 1 aromatic heterocycles. The van der Waals surface area contributed by atoms with Gasteiger partial charge in [-0.1, -0.05) is 6.92 Å². The summed E-state index contributed by atoms with van der Waals surface area (Å²) in [7, 11) is 1.35. The molecule has 20 heavy (non-hydrogen) atoms. The summed E-state index contributed by atoms with van der Waals surface area (Å²) in [5.74, 6) is -0.0970. The van der Waals surface area contributed by atoms with Crippen LogP contribution in [0.1, 0.15) is 41.1 Å². The van der Waals surface area contributed by atoms with Crippen molar-refractivity contribution in [3.8, 4) is 0 Å².